The van der Waals surface area contributed by atoms with E-state index in [0.717, 1.165) is 28.3 Å². The molecule has 2 heterocycles. The normalized spacial score (nSPS) is 10.8. The third-order valence-corrected chi connectivity index (χ3v) is 3.17. The van der Waals surface area contributed by atoms with Crippen molar-refractivity contribution < 1.29 is 4.74 Å². The average molecular weight is 253 g/mol. The zero-order valence-corrected chi connectivity index (χ0v) is 10.7. The van der Waals surface area contributed by atoms with Crippen molar-refractivity contribution in [2.75, 3.05) is 7.11 Å². The molecular formula is C15H15N3O. The number of pyridine rings is 1. The van der Waals surface area contributed by atoms with Gasteiger partial charge in [0.15, 0.2) is 11.4 Å². The maximum atomic E-state index is 5.89. The molecule has 19 heavy (non-hydrogen) atoms. The number of methoxy groups -OCH3 is 1. The Labute approximate surface area is 111 Å². The number of ether oxygens (including phenoxy) is 1. The van der Waals surface area contributed by atoms with Gasteiger partial charge in [0.25, 0.3) is 0 Å². The quantitative estimate of drug-likeness (QED) is 0.780. The molecule has 4 nitrogen and oxygen atoms in total. The van der Waals surface area contributed by atoms with E-state index in [1.807, 2.05) is 53.1 Å². The topological polar surface area (TPSA) is 52.5 Å². The van der Waals surface area contributed by atoms with Crippen LogP contribution in [0.2, 0.25) is 0 Å². The summed E-state index contributed by atoms with van der Waals surface area (Å²) in [5, 5.41) is 0. The molecule has 0 radical (unpaired) electrons. The van der Waals surface area contributed by atoms with Gasteiger partial charge < -0.3 is 10.5 Å². The molecule has 2 aromatic heterocycles. The van der Waals surface area contributed by atoms with Gasteiger partial charge in [-0.05, 0) is 12.1 Å². The zero-order valence-electron chi connectivity index (χ0n) is 10.7. The Balaban J connectivity index is 2.31. The van der Waals surface area contributed by atoms with Crippen molar-refractivity contribution in [1.29, 1.82) is 0 Å². The van der Waals surface area contributed by atoms with Gasteiger partial charge in [-0.15, -0.1) is 0 Å². The van der Waals surface area contributed by atoms with Crippen molar-refractivity contribution in [3.05, 3.63) is 54.4 Å². The smallest absolute Gasteiger partial charge is 0.180 e. The van der Waals surface area contributed by atoms with E-state index in [1.54, 1.807) is 7.11 Å². The molecule has 0 saturated heterocycles. The lowest BCUT2D eigenvalue weighted by Gasteiger charge is -2.03. The molecule has 0 spiro atoms. The monoisotopic (exact) mass is 253 g/mol. The van der Waals surface area contributed by atoms with Crippen molar-refractivity contribution in [3.8, 4) is 17.0 Å². The van der Waals surface area contributed by atoms with Crippen molar-refractivity contribution >= 4 is 5.65 Å². The molecule has 3 rings (SSSR count). The van der Waals surface area contributed by atoms with Crippen LogP contribution in [0.15, 0.2) is 48.7 Å². The SMILES string of the molecule is COc1cccn2c(CN)c(-c3ccccc3)nc12. The van der Waals surface area contributed by atoms with E-state index in [4.69, 9.17) is 10.5 Å². The lowest BCUT2D eigenvalue weighted by Crippen LogP contribution is -2.02. The summed E-state index contributed by atoms with van der Waals surface area (Å²) in [6, 6.07) is 13.9. The van der Waals surface area contributed by atoms with E-state index in [2.05, 4.69) is 4.98 Å². The van der Waals surface area contributed by atoms with E-state index in [9.17, 15) is 0 Å². The molecule has 0 saturated carbocycles. The first kappa shape index (κ1) is 11.7. The highest BCUT2D eigenvalue weighted by molar-refractivity contribution is 5.69. The lowest BCUT2D eigenvalue weighted by atomic mass is 10.1. The van der Waals surface area contributed by atoms with Gasteiger partial charge in [0, 0.05) is 18.3 Å². The van der Waals surface area contributed by atoms with Gasteiger partial charge in [0.05, 0.1) is 18.5 Å². The van der Waals surface area contributed by atoms with Gasteiger partial charge in [-0.25, -0.2) is 4.98 Å². The summed E-state index contributed by atoms with van der Waals surface area (Å²) in [5.74, 6) is 0.749. The maximum Gasteiger partial charge on any atom is 0.180 e. The second-order valence-corrected chi connectivity index (χ2v) is 4.25. The number of nitrogens with zero attached hydrogens (tertiary/aromatic N) is 2. The van der Waals surface area contributed by atoms with Gasteiger partial charge in [0.2, 0.25) is 0 Å². The molecule has 0 unspecified atom stereocenters. The Morgan fingerprint density at radius 1 is 1.16 bits per heavy atom. The molecule has 0 aliphatic carbocycles. The van der Waals surface area contributed by atoms with Gasteiger partial charge in [-0.3, -0.25) is 4.40 Å². The molecular weight excluding hydrogens is 238 g/mol. The standard InChI is InChI=1S/C15H15N3O/c1-19-13-8-5-9-18-12(10-16)14(17-15(13)18)11-6-3-2-4-7-11/h2-9H,10,16H2,1H3. The van der Waals surface area contributed by atoms with Gasteiger partial charge in [-0.2, -0.15) is 0 Å². The Kier molecular flexibility index (Phi) is 2.93. The Hall–Kier alpha value is -2.33. The first-order valence-electron chi connectivity index (χ1n) is 6.14. The van der Waals surface area contributed by atoms with Crippen LogP contribution in [-0.4, -0.2) is 16.5 Å². The number of nitrogens with two attached hydrogens (primary N) is 1. The number of hydrogen-bond donors (Lipinski definition) is 1. The van der Waals surface area contributed by atoms with Crippen LogP contribution >= 0.6 is 0 Å². The minimum Gasteiger partial charge on any atom is -0.493 e. The van der Waals surface area contributed by atoms with Crippen molar-refractivity contribution in [3.63, 3.8) is 0 Å². The first-order valence-corrected chi connectivity index (χ1v) is 6.14. The van der Waals surface area contributed by atoms with Crippen LogP contribution < -0.4 is 10.5 Å². The van der Waals surface area contributed by atoms with Crippen LogP contribution in [0.4, 0.5) is 0 Å². The Morgan fingerprint density at radius 2 is 1.95 bits per heavy atom. The molecule has 0 amide bonds. The number of aromatic nitrogens is 2. The molecule has 0 aliphatic rings. The molecule has 0 aliphatic heterocycles. The lowest BCUT2D eigenvalue weighted by molar-refractivity contribution is 0.417. The Bertz CT molecular complexity index is 704. The molecule has 0 atom stereocenters. The van der Waals surface area contributed by atoms with Gasteiger partial charge in [-0.1, -0.05) is 30.3 Å². The predicted molar refractivity (Wildman–Crippen MR) is 75.1 cm³/mol. The molecule has 2 N–H and O–H groups in total. The third kappa shape index (κ3) is 1.86. The van der Waals surface area contributed by atoms with E-state index in [-0.39, 0.29) is 0 Å². The van der Waals surface area contributed by atoms with Crippen LogP contribution in [-0.2, 0) is 6.54 Å². The predicted octanol–water partition coefficient (Wildman–Crippen LogP) is 2.47. The summed E-state index contributed by atoms with van der Waals surface area (Å²) in [6.07, 6.45) is 1.96. The van der Waals surface area contributed by atoms with E-state index in [0.29, 0.717) is 6.54 Å². The van der Waals surface area contributed by atoms with E-state index < -0.39 is 0 Å². The van der Waals surface area contributed by atoms with Crippen LogP contribution in [0.25, 0.3) is 16.9 Å². The summed E-state index contributed by atoms with van der Waals surface area (Å²) in [5.41, 5.74) is 9.64. The van der Waals surface area contributed by atoms with Crippen LogP contribution in [0.1, 0.15) is 5.69 Å². The fourth-order valence-corrected chi connectivity index (χ4v) is 2.27. The van der Waals surface area contributed by atoms with Crippen LogP contribution in [0, 0.1) is 0 Å². The fraction of sp³-hybridized carbons (Fsp3) is 0.133. The van der Waals surface area contributed by atoms with E-state index in [1.165, 1.54) is 0 Å². The second-order valence-electron chi connectivity index (χ2n) is 4.25. The van der Waals surface area contributed by atoms with Crippen molar-refractivity contribution in [2.45, 2.75) is 6.54 Å². The number of rotatable bonds is 3. The number of imidazole rings is 1. The minimum atomic E-state index is 0.429. The molecule has 96 valence electrons. The van der Waals surface area contributed by atoms with Crippen molar-refractivity contribution in [1.82, 2.24) is 9.38 Å². The highest BCUT2D eigenvalue weighted by atomic mass is 16.5. The third-order valence-electron chi connectivity index (χ3n) is 3.17. The highest BCUT2D eigenvalue weighted by Gasteiger charge is 2.14. The fourth-order valence-electron chi connectivity index (χ4n) is 2.27. The van der Waals surface area contributed by atoms with E-state index >= 15 is 0 Å². The summed E-state index contributed by atoms with van der Waals surface area (Å²) < 4.78 is 7.34. The molecule has 0 bridgehead atoms. The highest BCUT2D eigenvalue weighted by Crippen LogP contribution is 2.28. The van der Waals surface area contributed by atoms with Crippen LogP contribution in [0.5, 0.6) is 5.75 Å². The maximum absolute atomic E-state index is 5.89. The minimum absolute atomic E-state index is 0.429. The number of hydrogen-bond acceptors (Lipinski definition) is 3. The molecule has 0 fully saturated rings. The van der Waals surface area contributed by atoms with Crippen LogP contribution in [0.3, 0.4) is 0 Å². The molecule has 1 aromatic carbocycles. The van der Waals surface area contributed by atoms with Crippen molar-refractivity contribution in [2.24, 2.45) is 5.73 Å². The second kappa shape index (κ2) is 4.74. The average Bonchev–Trinajstić information content (AvgIpc) is 2.86. The first-order chi connectivity index (χ1) is 9.35. The largest absolute Gasteiger partial charge is 0.493 e. The zero-order chi connectivity index (χ0) is 13.2. The summed E-state index contributed by atoms with van der Waals surface area (Å²) in [6.45, 7) is 0.429. The van der Waals surface area contributed by atoms with Gasteiger partial charge >= 0.3 is 0 Å². The number of fused-ring (bicyclic) bond motifs is 1. The summed E-state index contributed by atoms with van der Waals surface area (Å²) >= 11 is 0. The Morgan fingerprint density at radius 3 is 2.63 bits per heavy atom. The summed E-state index contributed by atoms with van der Waals surface area (Å²) in [7, 11) is 1.65. The summed E-state index contributed by atoms with van der Waals surface area (Å²) in [4.78, 5) is 4.68. The molecule has 4 heteroatoms. The number of benzene rings is 1. The molecule has 3 aromatic rings. The van der Waals surface area contributed by atoms with Gasteiger partial charge in [0.1, 0.15) is 0 Å².